The molecule has 2 aromatic heterocycles. The van der Waals surface area contributed by atoms with E-state index in [1.807, 2.05) is 6.92 Å². The number of imidazole rings is 1. The molecule has 2 aromatic rings. The molecule has 0 aromatic carbocycles. The van der Waals surface area contributed by atoms with Gasteiger partial charge in [-0.05, 0) is 12.3 Å². The van der Waals surface area contributed by atoms with Crippen molar-refractivity contribution in [3.05, 3.63) is 16.7 Å². The summed E-state index contributed by atoms with van der Waals surface area (Å²) >= 11 is 7.41. The molecule has 0 aliphatic carbocycles. The third kappa shape index (κ3) is 2.70. The summed E-state index contributed by atoms with van der Waals surface area (Å²) in [5.41, 5.74) is 0. The smallest absolute Gasteiger partial charge is 0.262 e. The van der Waals surface area contributed by atoms with Crippen LogP contribution in [0.15, 0.2) is 16.6 Å². The average molecular weight is 350 g/mol. The van der Waals surface area contributed by atoms with E-state index in [9.17, 15) is 8.42 Å². The Bertz CT molecular complexity index is 734. The molecule has 0 bridgehead atoms. The van der Waals surface area contributed by atoms with Crippen molar-refractivity contribution in [2.75, 3.05) is 26.3 Å². The lowest BCUT2D eigenvalue weighted by Gasteiger charge is -2.22. The molecular weight excluding hydrogens is 334 g/mol. The number of fused-ring (bicyclic) bond motifs is 1. The zero-order valence-electron chi connectivity index (χ0n) is 11.5. The zero-order valence-corrected chi connectivity index (χ0v) is 13.9. The molecule has 1 aliphatic heterocycles. The summed E-state index contributed by atoms with van der Waals surface area (Å²) in [6, 6.07) is 0. The minimum absolute atomic E-state index is 0.0305. The Kier molecular flexibility index (Phi) is 4.24. The number of hydrogen-bond acceptors (Lipinski definition) is 5. The van der Waals surface area contributed by atoms with Gasteiger partial charge in [-0.25, -0.2) is 13.4 Å². The number of nitrogens with zero attached hydrogens (tertiary/aromatic N) is 3. The molecule has 3 rings (SSSR count). The Morgan fingerprint density at radius 3 is 3.10 bits per heavy atom. The number of aromatic nitrogens is 2. The first kappa shape index (κ1) is 15.2. The number of halogens is 1. The van der Waals surface area contributed by atoms with Crippen LogP contribution in [0, 0.1) is 5.92 Å². The summed E-state index contributed by atoms with van der Waals surface area (Å²) in [7, 11) is -3.67. The summed E-state index contributed by atoms with van der Waals surface area (Å²) in [6.07, 6.45) is 2.57. The van der Waals surface area contributed by atoms with Crippen LogP contribution >= 0.6 is 22.9 Å². The highest BCUT2D eigenvalue weighted by Crippen LogP contribution is 2.29. The monoisotopic (exact) mass is 349 g/mol. The minimum Gasteiger partial charge on any atom is -0.381 e. The maximum atomic E-state index is 12.9. The van der Waals surface area contributed by atoms with Crippen molar-refractivity contribution in [3.8, 4) is 0 Å². The van der Waals surface area contributed by atoms with E-state index >= 15 is 0 Å². The Hall–Kier alpha value is -0.670. The lowest BCUT2D eigenvalue weighted by molar-refractivity contribution is 0.180. The highest BCUT2D eigenvalue weighted by atomic mass is 35.5. The first-order valence-electron chi connectivity index (χ1n) is 6.73. The molecule has 1 fully saturated rings. The molecule has 116 valence electrons. The second-order valence-electron chi connectivity index (χ2n) is 4.95. The molecule has 0 spiro atoms. The van der Waals surface area contributed by atoms with Crippen LogP contribution in [0.3, 0.4) is 0 Å². The quantitative estimate of drug-likeness (QED) is 0.829. The van der Waals surface area contributed by atoms with Crippen molar-refractivity contribution in [2.24, 2.45) is 5.92 Å². The van der Waals surface area contributed by atoms with E-state index in [2.05, 4.69) is 4.98 Å². The normalized spacial score (nSPS) is 19.9. The Morgan fingerprint density at radius 2 is 2.43 bits per heavy atom. The molecule has 0 radical (unpaired) electrons. The second-order valence-corrected chi connectivity index (χ2v) is 8.03. The summed E-state index contributed by atoms with van der Waals surface area (Å²) < 4.78 is 34.1. The minimum atomic E-state index is -3.67. The highest BCUT2D eigenvalue weighted by molar-refractivity contribution is 7.89. The zero-order chi connectivity index (χ0) is 15.0. The van der Waals surface area contributed by atoms with E-state index in [1.165, 1.54) is 20.0 Å². The highest BCUT2D eigenvalue weighted by Gasteiger charge is 2.32. The van der Waals surface area contributed by atoms with Crippen LogP contribution in [0.4, 0.5) is 0 Å². The third-order valence-electron chi connectivity index (χ3n) is 3.60. The molecule has 0 saturated carbocycles. The number of hydrogen-bond donors (Lipinski definition) is 0. The molecule has 1 unspecified atom stereocenters. The van der Waals surface area contributed by atoms with E-state index < -0.39 is 10.0 Å². The molecular formula is C12H16ClN3O3S2. The van der Waals surface area contributed by atoms with Crippen molar-refractivity contribution in [3.63, 3.8) is 0 Å². The Labute approximate surface area is 132 Å². The van der Waals surface area contributed by atoms with Crippen LogP contribution in [0.2, 0.25) is 5.15 Å². The van der Waals surface area contributed by atoms with Crippen LogP contribution in [-0.2, 0) is 14.8 Å². The van der Waals surface area contributed by atoms with Crippen LogP contribution in [-0.4, -0.2) is 48.4 Å². The van der Waals surface area contributed by atoms with Crippen LogP contribution in [0.25, 0.3) is 4.96 Å². The van der Waals surface area contributed by atoms with E-state index in [0.29, 0.717) is 31.3 Å². The number of rotatable bonds is 5. The van der Waals surface area contributed by atoms with E-state index in [-0.39, 0.29) is 16.1 Å². The number of sulfonamides is 1. The summed E-state index contributed by atoms with van der Waals surface area (Å²) in [6.45, 7) is 3.98. The molecule has 21 heavy (non-hydrogen) atoms. The van der Waals surface area contributed by atoms with Gasteiger partial charge in [0.25, 0.3) is 10.0 Å². The molecule has 1 aliphatic rings. The van der Waals surface area contributed by atoms with Crippen LogP contribution in [0.5, 0.6) is 0 Å². The Morgan fingerprint density at radius 1 is 1.62 bits per heavy atom. The SMILES string of the molecule is CCN(CC1CCOC1)S(=O)(=O)c1c(Cl)nc2sccn12. The molecule has 9 heteroatoms. The summed E-state index contributed by atoms with van der Waals surface area (Å²) in [5, 5.41) is 1.88. The maximum absolute atomic E-state index is 12.9. The Balaban J connectivity index is 1.97. The maximum Gasteiger partial charge on any atom is 0.262 e. The van der Waals surface area contributed by atoms with Crippen LogP contribution < -0.4 is 0 Å². The first-order valence-corrected chi connectivity index (χ1v) is 9.42. The predicted molar refractivity (Wildman–Crippen MR) is 81.4 cm³/mol. The van der Waals surface area contributed by atoms with E-state index in [0.717, 1.165) is 6.42 Å². The van der Waals surface area contributed by atoms with Crippen molar-refractivity contribution >= 4 is 37.9 Å². The predicted octanol–water partition coefficient (Wildman–Crippen LogP) is 2.10. The van der Waals surface area contributed by atoms with E-state index in [1.54, 1.807) is 11.6 Å². The fourth-order valence-electron chi connectivity index (χ4n) is 2.50. The van der Waals surface area contributed by atoms with Crippen molar-refractivity contribution in [2.45, 2.75) is 18.4 Å². The molecule has 6 nitrogen and oxygen atoms in total. The second kappa shape index (κ2) is 5.85. The van der Waals surface area contributed by atoms with Gasteiger partial charge in [-0.1, -0.05) is 18.5 Å². The fraction of sp³-hybridized carbons (Fsp3) is 0.583. The van der Waals surface area contributed by atoms with Gasteiger partial charge < -0.3 is 4.74 Å². The van der Waals surface area contributed by atoms with Crippen LogP contribution in [0.1, 0.15) is 13.3 Å². The van der Waals surface area contributed by atoms with Gasteiger partial charge >= 0.3 is 0 Å². The van der Waals surface area contributed by atoms with Gasteiger partial charge in [-0.3, -0.25) is 4.40 Å². The lowest BCUT2D eigenvalue weighted by Crippen LogP contribution is -2.36. The summed E-state index contributed by atoms with van der Waals surface area (Å²) in [4.78, 5) is 4.69. The molecule has 3 heterocycles. The average Bonchev–Trinajstić information content (AvgIpc) is 3.11. The van der Waals surface area contributed by atoms with Gasteiger partial charge in [-0.2, -0.15) is 4.31 Å². The molecule has 1 atom stereocenters. The molecule has 0 amide bonds. The lowest BCUT2D eigenvalue weighted by atomic mass is 10.1. The van der Waals surface area contributed by atoms with E-state index in [4.69, 9.17) is 16.3 Å². The van der Waals surface area contributed by atoms with Gasteiger partial charge in [0, 0.05) is 31.3 Å². The van der Waals surface area contributed by atoms with Crippen molar-refractivity contribution < 1.29 is 13.2 Å². The van der Waals surface area contributed by atoms with Crippen molar-refractivity contribution in [1.29, 1.82) is 0 Å². The van der Waals surface area contributed by atoms with Gasteiger partial charge in [0.15, 0.2) is 15.1 Å². The first-order chi connectivity index (χ1) is 10.0. The van der Waals surface area contributed by atoms with Gasteiger partial charge in [0.1, 0.15) is 0 Å². The number of thiazole rings is 1. The fourth-order valence-corrected chi connectivity index (χ4v) is 5.44. The standard InChI is InChI=1S/C12H16ClN3O3S2/c1-2-15(7-9-3-5-19-8-9)21(17,18)11-10(13)14-12-16(11)4-6-20-12/h4,6,9H,2-3,5,7-8H2,1H3. The largest absolute Gasteiger partial charge is 0.381 e. The van der Waals surface area contributed by atoms with Gasteiger partial charge in [0.05, 0.1) is 6.61 Å². The van der Waals surface area contributed by atoms with Crippen molar-refractivity contribution in [1.82, 2.24) is 13.7 Å². The number of ether oxygens (including phenoxy) is 1. The topological polar surface area (TPSA) is 63.9 Å². The third-order valence-corrected chi connectivity index (χ3v) is 6.70. The molecule has 0 N–H and O–H groups in total. The summed E-state index contributed by atoms with van der Waals surface area (Å²) in [5.74, 6) is 0.240. The van der Waals surface area contributed by atoms with Gasteiger partial charge in [0.2, 0.25) is 0 Å². The molecule has 1 saturated heterocycles. The van der Waals surface area contributed by atoms with Gasteiger partial charge in [-0.15, -0.1) is 11.3 Å².